The molecular weight excluding hydrogens is 208 g/mol. The minimum Gasteiger partial charge on any atom is -0.324 e. The fourth-order valence-corrected chi connectivity index (χ4v) is 1.89. The Morgan fingerprint density at radius 1 is 1.40 bits per heavy atom. The maximum atomic E-state index is 8.76. The van der Waals surface area contributed by atoms with Crippen LogP contribution in [0.3, 0.4) is 0 Å². The highest BCUT2D eigenvalue weighted by molar-refractivity contribution is 7.14. The molecule has 0 atom stereocenters. The summed E-state index contributed by atoms with van der Waals surface area (Å²) >= 11 is 1.45. The van der Waals surface area contributed by atoms with Gasteiger partial charge in [0.25, 0.3) is 0 Å². The largest absolute Gasteiger partial charge is 0.324 e. The Morgan fingerprint density at radius 3 is 2.93 bits per heavy atom. The van der Waals surface area contributed by atoms with Crippen LogP contribution >= 0.6 is 11.3 Å². The zero-order chi connectivity index (χ0) is 10.7. The molecule has 4 nitrogen and oxygen atoms in total. The lowest BCUT2D eigenvalue weighted by atomic mass is 10.1. The standard InChI is InChI=1S/C10H8N4S/c11-5-7-2-1-3-8(4-7)10-14-13-9(6-12)15-10/h1-4H,6,12H2. The van der Waals surface area contributed by atoms with Crippen molar-refractivity contribution in [1.29, 1.82) is 5.26 Å². The highest BCUT2D eigenvalue weighted by Crippen LogP contribution is 2.23. The number of nitrogens with zero attached hydrogens (tertiary/aromatic N) is 3. The third kappa shape index (κ3) is 2.01. The summed E-state index contributed by atoms with van der Waals surface area (Å²) in [6.07, 6.45) is 0. The molecule has 0 aliphatic carbocycles. The summed E-state index contributed by atoms with van der Waals surface area (Å²) in [5.74, 6) is 0. The highest BCUT2D eigenvalue weighted by atomic mass is 32.1. The Labute approximate surface area is 91.0 Å². The van der Waals surface area contributed by atoms with E-state index in [9.17, 15) is 0 Å². The molecule has 0 aliphatic rings. The van der Waals surface area contributed by atoms with Crippen LogP contribution in [-0.2, 0) is 6.54 Å². The number of nitriles is 1. The zero-order valence-corrected chi connectivity index (χ0v) is 8.66. The summed E-state index contributed by atoms with van der Waals surface area (Å²) in [7, 11) is 0. The Kier molecular flexibility index (Phi) is 2.72. The van der Waals surface area contributed by atoms with Gasteiger partial charge in [-0.05, 0) is 12.1 Å². The molecule has 5 heteroatoms. The Balaban J connectivity index is 2.41. The number of hydrogen-bond acceptors (Lipinski definition) is 5. The van der Waals surface area contributed by atoms with Gasteiger partial charge in [0, 0.05) is 12.1 Å². The SMILES string of the molecule is N#Cc1cccc(-c2nnc(CN)s2)c1. The molecule has 2 aromatic rings. The summed E-state index contributed by atoms with van der Waals surface area (Å²) in [6, 6.07) is 9.38. The molecule has 15 heavy (non-hydrogen) atoms. The van der Waals surface area contributed by atoms with E-state index in [0.717, 1.165) is 15.6 Å². The van der Waals surface area contributed by atoms with E-state index in [1.807, 2.05) is 12.1 Å². The molecule has 74 valence electrons. The number of benzene rings is 1. The number of hydrogen-bond donors (Lipinski definition) is 1. The van der Waals surface area contributed by atoms with Crippen molar-refractivity contribution >= 4 is 11.3 Å². The van der Waals surface area contributed by atoms with Crippen LogP contribution in [0.2, 0.25) is 0 Å². The van der Waals surface area contributed by atoms with Crippen LogP contribution in [0, 0.1) is 11.3 Å². The van der Waals surface area contributed by atoms with E-state index in [4.69, 9.17) is 11.0 Å². The predicted octanol–water partition coefficient (Wildman–Crippen LogP) is 1.54. The third-order valence-electron chi connectivity index (χ3n) is 1.88. The Hall–Kier alpha value is -1.77. The van der Waals surface area contributed by atoms with Crippen molar-refractivity contribution in [2.45, 2.75) is 6.54 Å². The molecule has 0 saturated heterocycles. The maximum Gasteiger partial charge on any atom is 0.147 e. The first-order valence-corrected chi connectivity index (χ1v) is 5.18. The second-order valence-electron chi connectivity index (χ2n) is 2.90. The molecule has 0 unspecified atom stereocenters. The summed E-state index contributed by atoms with van der Waals surface area (Å²) in [4.78, 5) is 0. The van der Waals surface area contributed by atoms with Crippen LogP contribution in [0.5, 0.6) is 0 Å². The van der Waals surface area contributed by atoms with Gasteiger partial charge < -0.3 is 5.73 Å². The summed E-state index contributed by atoms with van der Waals surface area (Å²) in [6.45, 7) is 0.398. The molecule has 0 radical (unpaired) electrons. The first kappa shape index (κ1) is 9.77. The average Bonchev–Trinajstić information content (AvgIpc) is 2.78. The van der Waals surface area contributed by atoms with E-state index in [1.165, 1.54) is 11.3 Å². The topological polar surface area (TPSA) is 75.6 Å². The van der Waals surface area contributed by atoms with E-state index in [2.05, 4.69) is 16.3 Å². The first-order chi connectivity index (χ1) is 7.33. The van der Waals surface area contributed by atoms with Gasteiger partial charge in [0.2, 0.25) is 0 Å². The van der Waals surface area contributed by atoms with E-state index in [1.54, 1.807) is 12.1 Å². The fourth-order valence-electron chi connectivity index (χ4n) is 1.17. The van der Waals surface area contributed by atoms with Gasteiger partial charge in [-0.15, -0.1) is 10.2 Å². The Bertz CT molecular complexity index is 512. The summed E-state index contributed by atoms with van der Waals surface area (Å²) < 4.78 is 0. The molecular formula is C10H8N4S. The summed E-state index contributed by atoms with van der Waals surface area (Å²) in [5, 5.41) is 18.3. The molecule has 0 amide bonds. The van der Waals surface area contributed by atoms with Gasteiger partial charge in [0.05, 0.1) is 11.6 Å². The molecule has 0 saturated carbocycles. The molecule has 1 aromatic heterocycles. The van der Waals surface area contributed by atoms with Crippen molar-refractivity contribution in [2.75, 3.05) is 0 Å². The van der Waals surface area contributed by atoms with Crippen LogP contribution in [0.1, 0.15) is 10.6 Å². The lowest BCUT2D eigenvalue weighted by Gasteiger charge is -1.94. The molecule has 1 heterocycles. The second-order valence-corrected chi connectivity index (χ2v) is 3.96. The normalized spacial score (nSPS) is 9.87. The van der Waals surface area contributed by atoms with E-state index in [0.29, 0.717) is 12.1 Å². The maximum absolute atomic E-state index is 8.76. The van der Waals surface area contributed by atoms with Crippen LogP contribution in [-0.4, -0.2) is 10.2 Å². The molecule has 0 fully saturated rings. The predicted molar refractivity (Wildman–Crippen MR) is 58.0 cm³/mol. The molecule has 1 aromatic carbocycles. The van der Waals surface area contributed by atoms with E-state index >= 15 is 0 Å². The van der Waals surface area contributed by atoms with Gasteiger partial charge >= 0.3 is 0 Å². The van der Waals surface area contributed by atoms with Crippen molar-refractivity contribution < 1.29 is 0 Å². The molecule has 2 N–H and O–H groups in total. The minimum absolute atomic E-state index is 0.398. The molecule has 0 aliphatic heterocycles. The van der Waals surface area contributed by atoms with Gasteiger partial charge in [0.1, 0.15) is 10.0 Å². The Morgan fingerprint density at radius 2 is 2.27 bits per heavy atom. The zero-order valence-electron chi connectivity index (χ0n) is 7.84. The van der Waals surface area contributed by atoms with Gasteiger partial charge in [0.15, 0.2) is 0 Å². The lowest BCUT2D eigenvalue weighted by molar-refractivity contribution is 0.960. The van der Waals surface area contributed by atoms with Crippen LogP contribution in [0.25, 0.3) is 10.6 Å². The van der Waals surface area contributed by atoms with E-state index in [-0.39, 0.29) is 0 Å². The average molecular weight is 216 g/mol. The van der Waals surface area contributed by atoms with Crippen molar-refractivity contribution in [2.24, 2.45) is 5.73 Å². The van der Waals surface area contributed by atoms with Crippen molar-refractivity contribution in [1.82, 2.24) is 10.2 Å². The van der Waals surface area contributed by atoms with Crippen LogP contribution in [0.4, 0.5) is 0 Å². The van der Waals surface area contributed by atoms with E-state index < -0.39 is 0 Å². The van der Waals surface area contributed by atoms with Gasteiger partial charge in [-0.1, -0.05) is 23.5 Å². The second kappa shape index (κ2) is 4.17. The number of nitrogens with two attached hydrogens (primary N) is 1. The molecule has 0 bridgehead atoms. The van der Waals surface area contributed by atoms with Gasteiger partial charge in [-0.25, -0.2) is 0 Å². The lowest BCUT2D eigenvalue weighted by Crippen LogP contribution is -1.94. The van der Waals surface area contributed by atoms with Gasteiger partial charge in [-0.3, -0.25) is 0 Å². The molecule has 2 rings (SSSR count). The quantitative estimate of drug-likeness (QED) is 0.826. The van der Waals surface area contributed by atoms with Crippen LogP contribution < -0.4 is 5.73 Å². The van der Waals surface area contributed by atoms with Crippen molar-refractivity contribution in [3.63, 3.8) is 0 Å². The van der Waals surface area contributed by atoms with Crippen molar-refractivity contribution in [3.05, 3.63) is 34.8 Å². The fraction of sp³-hybridized carbons (Fsp3) is 0.100. The number of aromatic nitrogens is 2. The minimum atomic E-state index is 0.398. The first-order valence-electron chi connectivity index (χ1n) is 4.36. The monoisotopic (exact) mass is 216 g/mol. The summed E-state index contributed by atoms with van der Waals surface area (Å²) in [5.41, 5.74) is 6.98. The van der Waals surface area contributed by atoms with Crippen LogP contribution in [0.15, 0.2) is 24.3 Å². The third-order valence-corrected chi connectivity index (χ3v) is 2.87. The highest BCUT2D eigenvalue weighted by Gasteiger charge is 2.05. The van der Waals surface area contributed by atoms with Gasteiger partial charge in [-0.2, -0.15) is 5.26 Å². The van der Waals surface area contributed by atoms with Crippen molar-refractivity contribution in [3.8, 4) is 16.6 Å². The molecule has 0 spiro atoms. The smallest absolute Gasteiger partial charge is 0.147 e. The number of rotatable bonds is 2.